The summed E-state index contributed by atoms with van der Waals surface area (Å²) in [6.45, 7) is 4.87. The number of hydrogen-bond donors (Lipinski definition) is 1. The van der Waals surface area contributed by atoms with E-state index >= 15 is 8.78 Å². The van der Waals surface area contributed by atoms with Crippen molar-refractivity contribution in [3.63, 3.8) is 0 Å². The fourth-order valence-corrected chi connectivity index (χ4v) is 2.37. The van der Waals surface area contributed by atoms with Crippen LogP contribution in [0.5, 0.6) is 0 Å². The largest absolute Gasteiger partial charge is 0.444 e. The molecule has 138 valence electrons. The second-order valence-corrected chi connectivity index (χ2v) is 6.81. The molecule has 0 radical (unpaired) electrons. The van der Waals surface area contributed by atoms with Gasteiger partial charge in [0.1, 0.15) is 11.6 Å². The molecule has 0 spiro atoms. The third kappa shape index (κ3) is 4.88. The van der Waals surface area contributed by atoms with Gasteiger partial charge in [0, 0.05) is 5.56 Å². The lowest BCUT2D eigenvalue weighted by atomic mass is 9.94. The van der Waals surface area contributed by atoms with Crippen LogP contribution in [0.25, 0.3) is 0 Å². The number of halogens is 2. The van der Waals surface area contributed by atoms with Crippen molar-refractivity contribution in [1.29, 1.82) is 0 Å². The maximum absolute atomic E-state index is 15.0. The maximum atomic E-state index is 15.0. The Balaban J connectivity index is 2.36. The lowest BCUT2D eigenvalue weighted by Crippen LogP contribution is -2.47. The molecule has 2 aromatic rings. The zero-order chi connectivity index (χ0) is 19.4. The quantitative estimate of drug-likeness (QED) is 0.781. The number of amides is 1. The van der Waals surface area contributed by atoms with Gasteiger partial charge in [0.25, 0.3) is 0 Å². The molecule has 6 heteroatoms. The van der Waals surface area contributed by atoms with Gasteiger partial charge in [-0.1, -0.05) is 60.7 Å². The molecule has 4 nitrogen and oxygen atoms in total. The summed E-state index contributed by atoms with van der Waals surface area (Å²) in [4.78, 5) is 24.5. The Labute approximate surface area is 151 Å². The van der Waals surface area contributed by atoms with Crippen LogP contribution in [0.15, 0.2) is 60.7 Å². The molecule has 0 saturated heterocycles. The smallest absolute Gasteiger partial charge is 0.408 e. The molecule has 2 aromatic carbocycles. The second-order valence-electron chi connectivity index (χ2n) is 6.81. The minimum atomic E-state index is -3.86. The molecular weight excluding hydrogens is 340 g/mol. The molecule has 0 bridgehead atoms. The Kier molecular flexibility index (Phi) is 5.75. The topological polar surface area (TPSA) is 55.4 Å². The lowest BCUT2D eigenvalue weighted by molar-refractivity contribution is -0.0208. The Morgan fingerprint density at radius 2 is 1.42 bits per heavy atom. The molecule has 0 aliphatic rings. The minimum absolute atomic E-state index is 0.104. The molecule has 0 unspecified atom stereocenters. The molecule has 0 heterocycles. The summed E-state index contributed by atoms with van der Waals surface area (Å²) in [7, 11) is 0. The van der Waals surface area contributed by atoms with Crippen LogP contribution < -0.4 is 5.32 Å². The first-order valence-corrected chi connectivity index (χ1v) is 8.13. The van der Waals surface area contributed by atoms with Crippen molar-refractivity contribution in [2.75, 3.05) is 0 Å². The molecule has 1 N–H and O–H groups in total. The number of benzene rings is 2. The summed E-state index contributed by atoms with van der Waals surface area (Å²) in [6, 6.07) is 13.0. The first-order valence-electron chi connectivity index (χ1n) is 8.13. The highest BCUT2D eigenvalue weighted by molar-refractivity contribution is 6.02. The van der Waals surface area contributed by atoms with Crippen LogP contribution >= 0.6 is 0 Å². The zero-order valence-electron chi connectivity index (χ0n) is 14.8. The number of hydrogen-bond acceptors (Lipinski definition) is 3. The van der Waals surface area contributed by atoms with Gasteiger partial charge in [0.2, 0.25) is 5.78 Å². The molecule has 2 rings (SSSR count). The van der Waals surface area contributed by atoms with Crippen molar-refractivity contribution in [3.05, 3.63) is 71.8 Å². The van der Waals surface area contributed by atoms with Gasteiger partial charge in [-0.15, -0.1) is 0 Å². The van der Waals surface area contributed by atoms with Gasteiger partial charge in [-0.05, 0) is 26.3 Å². The third-order valence-corrected chi connectivity index (χ3v) is 3.50. The Morgan fingerprint density at radius 1 is 0.923 bits per heavy atom. The maximum Gasteiger partial charge on any atom is 0.408 e. The van der Waals surface area contributed by atoms with Crippen LogP contribution in [0.1, 0.15) is 42.7 Å². The summed E-state index contributed by atoms with van der Waals surface area (Å²) in [5.74, 6) is -5.23. The van der Waals surface area contributed by atoms with Gasteiger partial charge >= 0.3 is 12.0 Å². The molecular formula is C20H21F2NO3. The summed E-state index contributed by atoms with van der Waals surface area (Å²) < 4.78 is 35.1. The predicted octanol–water partition coefficient (Wildman–Crippen LogP) is 4.77. The van der Waals surface area contributed by atoms with Gasteiger partial charge in [-0.3, -0.25) is 4.79 Å². The average molecular weight is 361 g/mol. The minimum Gasteiger partial charge on any atom is -0.444 e. The highest BCUT2D eigenvalue weighted by Gasteiger charge is 2.49. The van der Waals surface area contributed by atoms with E-state index in [9.17, 15) is 9.59 Å². The molecule has 0 aliphatic heterocycles. The highest BCUT2D eigenvalue weighted by atomic mass is 19.3. The standard InChI is InChI=1S/C20H21F2NO3/c1-19(2,3)26-18(25)23-16(14-10-6-4-7-11-14)20(21,22)17(24)15-12-8-5-9-13-15/h4-13,16H,1-3H3,(H,23,25)/t16-/m0/s1. The van der Waals surface area contributed by atoms with Crippen LogP contribution in [-0.4, -0.2) is 23.4 Å². The van der Waals surface area contributed by atoms with E-state index in [2.05, 4.69) is 5.32 Å². The van der Waals surface area contributed by atoms with E-state index in [4.69, 9.17) is 4.74 Å². The summed E-state index contributed by atoms with van der Waals surface area (Å²) >= 11 is 0. The van der Waals surface area contributed by atoms with Crippen LogP contribution in [-0.2, 0) is 4.74 Å². The van der Waals surface area contributed by atoms with Crippen molar-refractivity contribution in [2.24, 2.45) is 0 Å². The van der Waals surface area contributed by atoms with Gasteiger partial charge < -0.3 is 10.1 Å². The fraction of sp³-hybridized carbons (Fsp3) is 0.300. The van der Waals surface area contributed by atoms with E-state index < -0.39 is 29.4 Å². The van der Waals surface area contributed by atoms with E-state index in [1.807, 2.05) is 0 Å². The normalized spacial score (nSPS) is 13.0. The van der Waals surface area contributed by atoms with Crippen LogP contribution in [0.2, 0.25) is 0 Å². The number of alkyl halides is 2. The highest BCUT2D eigenvalue weighted by Crippen LogP contribution is 2.34. The van der Waals surface area contributed by atoms with Gasteiger partial charge in [-0.2, -0.15) is 8.78 Å². The number of carbonyl (C=O) groups excluding carboxylic acids is 2. The van der Waals surface area contributed by atoms with E-state index in [1.54, 1.807) is 45.0 Å². The number of rotatable bonds is 5. The number of carbonyl (C=O) groups is 2. The van der Waals surface area contributed by atoms with Crippen LogP contribution in [0.3, 0.4) is 0 Å². The SMILES string of the molecule is CC(C)(C)OC(=O)N[C@@H](c1ccccc1)C(F)(F)C(=O)c1ccccc1. The van der Waals surface area contributed by atoms with E-state index in [0.29, 0.717) is 0 Å². The van der Waals surface area contributed by atoms with E-state index in [1.165, 1.54) is 36.4 Å². The van der Waals surface area contributed by atoms with Crippen molar-refractivity contribution >= 4 is 11.9 Å². The molecule has 0 aromatic heterocycles. The number of Topliss-reactive ketones (excluding diaryl/α,β-unsaturated/α-hetero) is 1. The predicted molar refractivity (Wildman–Crippen MR) is 94.3 cm³/mol. The zero-order valence-corrected chi connectivity index (χ0v) is 14.8. The van der Waals surface area contributed by atoms with Crippen molar-refractivity contribution in [1.82, 2.24) is 5.32 Å². The lowest BCUT2D eigenvalue weighted by Gasteiger charge is -2.28. The first-order chi connectivity index (χ1) is 12.1. The Hall–Kier alpha value is -2.76. The second kappa shape index (κ2) is 7.64. The fourth-order valence-electron chi connectivity index (χ4n) is 2.37. The van der Waals surface area contributed by atoms with E-state index in [0.717, 1.165) is 0 Å². The molecule has 26 heavy (non-hydrogen) atoms. The van der Waals surface area contributed by atoms with Gasteiger partial charge in [0.05, 0.1) is 0 Å². The van der Waals surface area contributed by atoms with Gasteiger partial charge in [-0.25, -0.2) is 4.79 Å². The molecule has 0 fully saturated rings. The number of nitrogens with one attached hydrogen (secondary N) is 1. The Bertz CT molecular complexity index is 756. The number of ketones is 1. The first kappa shape index (κ1) is 19.6. The number of ether oxygens (including phenoxy) is 1. The van der Waals surface area contributed by atoms with Crippen molar-refractivity contribution in [2.45, 2.75) is 38.3 Å². The molecule has 1 atom stereocenters. The van der Waals surface area contributed by atoms with Crippen LogP contribution in [0, 0.1) is 0 Å². The molecule has 0 aliphatic carbocycles. The van der Waals surface area contributed by atoms with Crippen LogP contribution in [0.4, 0.5) is 13.6 Å². The third-order valence-electron chi connectivity index (χ3n) is 3.50. The Morgan fingerprint density at radius 3 is 1.92 bits per heavy atom. The van der Waals surface area contributed by atoms with Crippen molar-refractivity contribution in [3.8, 4) is 0 Å². The summed E-state index contributed by atoms with van der Waals surface area (Å²) in [5, 5.41) is 2.15. The monoisotopic (exact) mass is 361 g/mol. The average Bonchev–Trinajstić information content (AvgIpc) is 2.59. The van der Waals surface area contributed by atoms with Gasteiger partial charge in [0.15, 0.2) is 0 Å². The van der Waals surface area contributed by atoms with E-state index in [-0.39, 0.29) is 11.1 Å². The number of alkyl carbamates (subject to hydrolysis) is 1. The molecule has 0 saturated carbocycles. The summed E-state index contributed by atoms with van der Waals surface area (Å²) in [5.41, 5.74) is -0.888. The molecule has 1 amide bonds. The van der Waals surface area contributed by atoms with Crippen molar-refractivity contribution < 1.29 is 23.1 Å². The summed E-state index contributed by atoms with van der Waals surface area (Å²) in [6.07, 6.45) is -1.02.